The number of hydrogen-bond acceptors (Lipinski definition) is 1. The molecule has 0 spiro atoms. The molecule has 1 aliphatic carbocycles. The number of aliphatic hydroxyl groups excluding tert-OH is 1. The van der Waals surface area contributed by atoms with Gasteiger partial charge in [-0.2, -0.15) is 0 Å². The van der Waals surface area contributed by atoms with E-state index in [1.165, 1.54) is 22.3 Å². The molecule has 1 aromatic carbocycles. The molecular weight excluding hydrogens is 184 g/mol. The highest BCUT2D eigenvalue weighted by atomic mass is 16.3. The maximum Gasteiger partial charge on any atom is 0.0931 e. The molecule has 1 heteroatoms. The number of aryl methyl sites for hydroxylation is 1. The topological polar surface area (TPSA) is 20.2 Å². The van der Waals surface area contributed by atoms with Crippen molar-refractivity contribution in [3.63, 3.8) is 0 Å². The Morgan fingerprint density at radius 3 is 2.53 bits per heavy atom. The summed E-state index contributed by atoms with van der Waals surface area (Å²) in [5, 5.41) is 9.58. The fraction of sp³-hybridized carbons (Fsp3) is 0.286. The van der Waals surface area contributed by atoms with Gasteiger partial charge < -0.3 is 5.11 Å². The molecule has 0 bridgehead atoms. The Bertz CT molecular complexity index is 438. The zero-order valence-corrected chi connectivity index (χ0v) is 9.25. The molecule has 78 valence electrons. The number of benzene rings is 1. The van der Waals surface area contributed by atoms with Crippen LogP contribution in [-0.2, 0) is 0 Å². The summed E-state index contributed by atoms with van der Waals surface area (Å²) in [7, 11) is 0. The van der Waals surface area contributed by atoms with Crippen LogP contribution in [0.25, 0.3) is 5.57 Å². The predicted molar refractivity (Wildman–Crippen MR) is 63.7 cm³/mol. The highest BCUT2D eigenvalue weighted by Crippen LogP contribution is 2.31. The molecule has 0 fully saturated rings. The second kappa shape index (κ2) is 3.93. The van der Waals surface area contributed by atoms with Gasteiger partial charge in [0.15, 0.2) is 0 Å². The van der Waals surface area contributed by atoms with Gasteiger partial charge in [-0.05, 0) is 43.0 Å². The minimum absolute atomic E-state index is 0.499. The first kappa shape index (κ1) is 10.0. The molecule has 1 aromatic rings. The molecule has 15 heavy (non-hydrogen) atoms. The van der Waals surface area contributed by atoms with Crippen molar-refractivity contribution in [2.75, 3.05) is 0 Å². The molecule has 1 aliphatic rings. The Kier molecular flexibility index (Phi) is 2.63. The van der Waals surface area contributed by atoms with Crippen LogP contribution in [-0.4, -0.2) is 5.11 Å². The summed E-state index contributed by atoms with van der Waals surface area (Å²) in [6, 6.07) is 8.31. The Labute approximate surface area is 90.8 Å². The van der Waals surface area contributed by atoms with E-state index in [-0.39, 0.29) is 0 Å². The monoisotopic (exact) mass is 200 g/mol. The third kappa shape index (κ3) is 1.96. The maximum absolute atomic E-state index is 9.58. The minimum atomic E-state index is 0.499. The fourth-order valence-corrected chi connectivity index (χ4v) is 1.99. The molecule has 0 saturated carbocycles. The van der Waals surface area contributed by atoms with E-state index in [0.29, 0.717) is 5.76 Å². The van der Waals surface area contributed by atoms with Crippen LogP contribution in [0.4, 0.5) is 0 Å². The van der Waals surface area contributed by atoms with E-state index in [2.05, 4.69) is 26.0 Å². The Hall–Kier alpha value is -1.50. The molecule has 0 amide bonds. The number of hydrogen-bond donors (Lipinski definition) is 1. The van der Waals surface area contributed by atoms with Crippen LogP contribution >= 0.6 is 0 Å². The van der Waals surface area contributed by atoms with Crippen molar-refractivity contribution in [3.05, 3.63) is 52.8 Å². The van der Waals surface area contributed by atoms with Gasteiger partial charge in [0.05, 0.1) is 5.76 Å². The van der Waals surface area contributed by atoms with Gasteiger partial charge >= 0.3 is 0 Å². The molecule has 0 heterocycles. The fourth-order valence-electron chi connectivity index (χ4n) is 1.99. The Morgan fingerprint density at radius 2 is 1.80 bits per heavy atom. The van der Waals surface area contributed by atoms with Crippen LogP contribution in [0.15, 0.2) is 41.7 Å². The van der Waals surface area contributed by atoms with Crippen molar-refractivity contribution < 1.29 is 5.11 Å². The van der Waals surface area contributed by atoms with Crippen molar-refractivity contribution in [1.82, 2.24) is 0 Å². The summed E-state index contributed by atoms with van der Waals surface area (Å²) in [4.78, 5) is 0. The van der Waals surface area contributed by atoms with E-state index in [0.717, 1.165) is 12.8 Å². The van der Waals surface area contributed by atoms with Gasteiger partial charge in [0, 0.05) is 6.42 Å². The van der Waals surface area contributed by atoms with Crippen LogP contribution in [0.2, 0.25) is 0 Å². The number of aliphatic hydroxyl groups is 1. The first-order valence-corrected chi connectivity index (χ1v) is 5.34. The lowest BCUT2D eigenvalue weighted by atomic mass is 9.90. The van der Waals surface area contributed by atoms with E-state index in [9.17, 15) is 5.11 Å². The smallest absolute Gasteiger partial charge is 0.0931 e. The van der Waals surface area contributed by atoms with E-state index in [4.69, 9.17) is 0 Å². The normalized spacial score (nSPS) is 16.5. The molecule has 0 aliphatic heterocycles. The van der Waals surface area contributed by atoms with Crippen molar-refractivity contribution in [3.8, 4) is 0 Å². The van der Waals surface area contributed by atoms with Crippen LogP contribution in [0.5, 0.6) is 0 Å². The average molecular weight is 200 g/mol. The largest absolute Gasteiger partial charge is 0.512 e. The first-order valence-electron chi connectivity index (χ1n) is 5.34. The molecule has 1 N–H and O–H groups in total. The minimum Gasteiger partial charge on any atom is -0.512 e. The summed E-state index contributed by atoms with van der Waals surface area (Å²) in [5.41, 5.74) is 5.05. The lowest BCUT2D eigenvalue weighted by Crippen LogP contribution is -1.98. The van der Waals surface area contributed by atoms with Crippen LogP contribution in [0.3, 0.4) is 0 Å². The zero-order chi connectivity index (χ0) is 10.8. The molecule has 0 aromatic heterocycles. The van der Waals surface area contributed by atoms with E-state index in [1.807, 2.05) is 18.2 Å². The summed E-state index contributed by atoms with van der Waals surface area (Å²) in [5.74, 6) is 0.499. The average Bonchev–Trinajstić information content (AvgIpc) is 2.23. The highest BCUT2D eigenvalue weighted by molar-refractivity contribution is 5.79. The van der Waals surface area contributed by atoms with Crippen LogP contribution < -0.4 is 0 Å². The third-order valence-electron chi connectivity index (χ3n) is 2.96. The quantitative estimate of drug-likeness (QED) is 0.726. The molecule has 1 nitrogen and oxygen atoms in total. The van der Waals surface area contributed by atoms with Crippen molar-refractivity contribution in [2.45, 2.75) is 26.7 Å². The standard InChI is InChI=1S/C14H16O/c1-10-5-3-4-6-13(10)14-9-12(15)8-7-11(14)2/h3-6,9,15H,7-8H2,1-2H3. The lowest BCUT2D eigenvalue weighted by molar-refractivity contribution is 0.386. The van der Waals surface area contributed by atoms with Crippen molar-refractivity contribution in [2.24, 2.45) is 0 Å². The predicted octanol–water partition coefficient (Wildman–Crippen LogP) is 4.00. The van der Waals surface area contributed by atoms with Gasteiger partial charge in [-0.25, -0.2) is 0 Å². The van der Waals surface area contributed by atoms with Crippen molar-refractivity contribution >= 4 is 5.57 Å². The number of allylic oxidation sites excluding steroid dienone is 4. The van der Waals surface area contributed by atoms with Crippen LogP contribution in [0, 0.1) is 6.92 Å². The maximum atomic E-state index is 9.58. The molecule has 0 unspecified atom stereocenters. The molecule has 2 rings (SSSR count). The van der Waals surface area contributed by atoms with E-state index >= 15 is 0 Å². The third-order valence-corrected chi connectivity index (χ3v) is 2.96. The number of rotatable bonds is 1. The Balaban J connectivity index is 2.51. The first-order chi connectivity index (χ1) is 7.18. The summed E-state index contributed by atoms with van der Waals surface area (Å²) < 4.78 is 0. The van der Waals surface area contributed by atoms with E-state index in [1.54, 1.807) is 0 Å². The summed E-state index contributed by atoms with van der Waals surface area (Å²) >= 11 is 0. The van der Waals surface area contributed by atoms with E-state index < -0.39 is 0 Å². The lowest BCUT2D eigenvalue weighted by Gasteiger charge is -2.16. The molecular formula is C14H16O. The van der Waals surface area contributed by atoms with Gasteiger partial charge in [0.2, 0.25) is 0 Å². The second-order valence-corrected chi connectivity index (χ2v) is 4.14. The molecule has 0 atom stereocenters. The highest BCUT2D eigenvalue weighted by Gasteiger charge is 2.12. The van der Waals surface area contributed by atoms with Gasteiger partial charge in [0.25, 0.3) is 0 Å². The van der Waals surface area contributed by atoms with Crippen molar-refractivity contribution in [1.29, 1.82) is 0 Å². The summed E-state index contributed by atoms with van der Waals surface area (Å²) in [6.45, 7) is 4.25. The van der Waals surface area contributed by atoms with Crippen LogP contribution in [0.1, 0.15) is 30.9 Å². The van der Waals surface area contributed by atoms with Gasteiger partial charge in [0.1, 0.15) is 0 Å². The zero-order valence-electron chi connectivity index (χ0n) is 9.25. The molecule has 0 saturated heterocycles. The summed E-state index contributed by atoms with van der Waals surface area (Å²) in [6.07, 6.45) is 3.65. The second-order valence-electron chi connectivity index (χ2n) is 4.14. The molecule has 0 radical (unpaired) electrons. The SMILES string of the molecule is CC1=C(c2ccccc2C)C=C(O)CC1. The van der Waals surface area contributed by atoms with Gasteiger partial charge in [-0.15, -0.1) is 0 Å². The van der Waals surface area contributed by atoms with Gasteiger partial charge in [-0.1, -0.05) is 29.8 Å². The van der Waals surface area contributed by atoms with Gasteiger partial charge in [-0.3, -0.25) is 0 Å². The Morgan fingerprint density at radius 1 is 1.07 bits per heavy atom.